The Hall–Kier alpha value is -4.20. The molecule has 33 heavy (non-hydrogen) atoms. The zero-order chi connectivity index (χ0) is 23.5. The quantitative estimate of drug-likeness (QED) is 0.350. The Morgan fingerprint density at radius 2 is 1.85 bits per heavy atom. The number of pyridine rings is 1. The van der Waals surface area contributed by atoms with Gasteiger partial charge in [0.05, 0.1) is 25.8 Å². The van der Waals surface area contributed by atoms with Crippen LogP contribution in [0.1, 0.15) is 22.7 Å². The number of aromatic nitrogens is 1. The summed E-state index contributed by atoms with van der Waals surface area (Å²) in [5.41, 5.74) is 1.24. The van der Waals surface area contributed by atoms with Gasteiger partial charge in [0.2, 0.25) is 0 Å². The topological polar surface area (TPSA) is 89.0 Å². The molecule has 168 valence electrons. The highest BCUT2D eigenvalue weighted by Gasteiger charge is 2.46. The average Bonchev–Trinajstić information content (AvgIpc) is 3.09. The first-order valence-electron chi connectivity index (χ1n) is 10.1. The Balaban J connectivity index is 1.85. The highest BCUT2D eigenvalue weighted by molar-refractivity contribution is 6.46. The summed E-state index contributed by atoms with van der Waals surface area (Å²) < 4.78 is 24.4. The van der Waals surface area contributed by atoms with Crippen molar-refractivity contribution >= 4 is 17.4 Å². The van der Waals surface area contributed by atoms with Crippen LogP contribution >= 0.6 is 0 Å². The molecule has 2 aromatic carbocycles. The highest BCUT2D eigenvalue weighted by atomic mass is 19.1. The number of benzene rings is 2. The van der Waals surface area contributed by atoms with Gasteiger partial charge in [-0.3, -0.25) is 14.6 Å². The first-order valence-corrected chi connectivity index (χ1v) is 10.1. The Labute approximate surface area is 189 Å². The van der Waals surface area contributed by atoms with Crippen molar-refractivity contribution in [3.8, 4) is 11.5 Å². The summed E-state index contributed by atoms with van der Waals surface area (Å²) in [7, 11) is 2.85. The van der Waals surface area contributed by atoms with E-state index in [1.807, 2.05) is 0 Å². The maximum atomic E-state index is 14.3. The van der Waals surface area contributed by atoms with Crippen LogP contribution in [0.25, 0.3) is 5.76 Å². The van der Waals surface area contributed by atoms with Crippen molar-refractivity contribution in [1.29, 1.82) is 0 Å². The van der Waals surface area contributed by atoms with Gasteiger partial charge in [0, 0.05) is 24.5 Å². The number of ether oxygens (including phenoxy) is 2. The molecule has 8 heteroatoms. The van der Waals surface area contributed by atoms with Crippen molar-refractivity contribution in [2.75, 3.05) is 14.2 Å². The summed E-state index contributed by atoms with van der Waals surface area (Å²) in [6.45, 7) is 0.100. The molecule has 1 atom stereocenters. The van der Waals surface area contributed by atoms with E-state index in [9.17, 15) is 19.1 Å². The molecule has 1 amide bonds. The second kappa shape index (κ2) is 9.12. The van der Waals surface area contributed by atoms with E-state index in [4.69, 9.17) is 9.47 Å². The Kier molecular flexibility index (Phi) is 6.08. The lowest BCUT2D eigenvalue weighted by Gasteiger charge is -2.25. The van der Waals surface area contributed by atoms with Crippen LogP contribution in [0.5, 0.6) is 11.5 Å². The summed E-state index contributed by atoms with van der Waals surface area (Å²) in [5.74, 6) is -2.20. The molecule has 1 unspecified atom stereocenters. The number of hydrogen-bond donors (Lipinski definition) is 1. The van der Waals surface area contributed by atoms with Gasteiger partial charge in [-0.1, -0.05) is 18.2 Å². The molecule has 0 aliphatic carbocycles. The molecule has 7 nitrogen and oxygen atoms in total. The number of hydrogen-bond acceptors (Lipinski definition) is 6. The van der Waals surface area contributed by atoms with E-state index >= 15 is 0 Å². The first-order chi connectivity index (χ1) is 15.9. The number of likely N-dealkylation sites (tertiary alicyclic amines) is 1. The van der Waals surface area contributed by atoms with Crippen molar-refractivity contribution in [1.82, 2.24) is 9.88 Å². The van der Waals surface area contributed by atoms with Crippen molar-refractivity contribution < 1.29 is 28.6 Å². The number of rotatable bonds is 6. The highest BCUT2D eigenvalue weighted by Crippen LogP contribution is 2.41. The fourth-order valence-electron chi connectivity index (χ4n) is 3.83. The summed E-state index contributed by atoms with van der Waals surface area (Å²) in [5, 5.41) is 11.0. The number of halogens is 1. The molecule has 0 bridgehead atoms. The first kappa shape index (κ1) is 22.0. The van der Waals surface area contributed by atoms with Gasteiger partial charge in [-0.15, -0.1) is 0 Å². The van der Waals surface area contributed by atoms with Crippen LogP contribution in [0.4, 0.5) is 4.39 Å². The Morgan fingerprint density at radius 3 is 2.45 bits per heavy atom. The van der Waals surface area contributed by atoms with Crippen LogP contribution in [0, 0.1) is 5.82 Å². The number of Topliss-reactive ketones (excluding diaryl/α,β-unsaturated/α-hetero) is 1. The van der Waals surface area contributed by atoms with E-state index in [2.05, 4.69) is 4.98 Å². The fraction of sp³-hybridized carbons (Fsp3) is 0.160. The molecule has 2 heterocycles. The van der Waals surface area contributed by atoms with E-state index in [0.717, 1.165) is 6.07 Å². The predicted octanol–water partition coefficient (Wildman–Crippen LogP) is 3.86. The molecule has 1 aromatic heterocycles. The van der Waals surface area contributed by atoms with Gasteiger partial charge in [-0.05, 0) is 47.5 Å². The normalized spacial score (nSPS) is 17.3. The van der Waals surface area contributed by atoms with Crippen molar-refractivity contribution in [2.24, 2.45) is 0 Å². The van der Waals surface area contributed by atoms with Crippen molar-refractivity contribution in [3.05, 3.63) is 95.1 Å². The van der Waals surface area contributed by atoms with Crippen molar-refractivity contribution in [3.63, 3.8) is 0 Å². The van der Waals surface area contributed by atoms with Crippen molar-refractivity contribution in [2.45, 2.75) is 12.6 Å². The summed E-state index contributed by atoms with van der Waals surface area (Å²) in [6, 6.07) is 13.3. The van der Waals surface area contributed by atoms with E-state index in [0.29, 0.717) is 16.9 Å². The maximum Gasteiger partial charge on any atom is 0.295 e. The third-order valence-electron chi connectivity index (χ3n) is 5.47. The lowest BCUT2D eigenvalue weighted by Crippen LogP contribution is -2.29. The zero-order valence-electron chi connectivity index (χ0n) is 18.0. The third kappa shape index (κ3) is 4.15. The van der Waals surface area contributed by atoms with Gasteiger partial charge < -0.3 is 19.5 Å². The molecule has 1 aliphatic heterocycles. The number of aliphatic hydroxyl groups is 1. The fourth-order valence-corrected chi connectivity index (χ4v) is 3.83. The number of nitrogens with zero attached hydrogens (tertiary/aromatic N) is 2. The molecule has 3 aromatic rings. The molecule has 1 saturated heterocycles. The SMILES string of the molecule is COc1ccc(C2/C(=C(\O)c3ccc(OC)c(F)c3)C(=O)C(=O)N2Cc2cccnc2)cc1. The van der Waals surface area contributed by atoms with Gasteiger partial charge in [0.15, 0.2) is 11.6 Å². The number of carbonyl (C=O) groups is 2. The van der Waals surface area contributed by atoms with Crippen LogP contribution in [0.3, 0.4) is 0 Å². The molecule has 1 N–H and O–H groups in total. The van der Waals surface area contributed by atoms with Gasteiger partial charge in [0.1, 0.15) is 11.5 Å². The maximum absolute atomic E-state index is 14.3. The smallest absolute Gasteiger partial charge is 0.295 e. The monoisotopic (exact) mass is 448 g/mol. The molecular formula is C25H21FN2O5. The molecule has 0 saturated carbocycles. The van der Waals surface area contributed by atoms with Crippen LogP contribution in [0.2, 0.25) is 0 Å². The number of carbonyl (C=O) groups excluding carboxylic acids is 2. The Morgan fingerprint density at radius 1 is 1.09 bits per heavy atom. The Bertz CT molecular complexity index is 1230. The number of aliphatic hydroxyl groups excluding tert-OH is 1. The minimum Gasteiger partial charge on any atom is -0.507 e. The van der Waals surface area contributed by atoms with Crippen LogP contribution in [-0.4, -0.2) is 40.9 Å². The minimum atomic E-state index is -0.888. The molecule has 0 radical (unpaired) electrons. The molecular weight excluding hydrogens is 427 g/mol. The predicted molar refractivity (Wildman–Crippen MR) is 118 cm³/mol. The summed E-state index contributed by atoms with van der Waals surface area (Å²) in [4.78, 5) is 31.5. The number of methoxy groups -OCH3 is 2. The van der Waals surface area contributed by atoms with E-state index < -0.39 is 29.3 Å². The lowest BCUT2D eigenvalue weighted by molar-refractivity contribution is -0.140. The molecule has 1 aliphatic rings. The van der Waals surface area contributed by atoms with Gasteiger partial charge in [0.25, 0.3) is 11.7 Å². The van der Waals surface area contributed by atoms with Crippen LogP contribution in [-0.2, 0) is 16.1 Å². The largest absolute Gasteiger partial charge is 0.507 e. The average molecular weight is 448 g/mol. The van der Waals surface area contributed by atoms with Gasteiger partial charge in [-0.2, -0.15) is 0 Å². The lowest BCUT2D eigenvalue weighted by atomic mass is 9.95. The van der Waals surface area contributed by atoms with E-state index in [1.54, 1.807) is 48.8 Å². The number of ketones is 1. The molecule has 1 fully saturated rings. The second-order valence-electron chi connectivity index (χ2n) is 7.41. The third-order valence-corrected chi connectivity index (χ3v) is 5.47. The van der Waals surface area contributed by atoms with E-state index in [1.165, 1.54) is 31.3 Å². The van der Waals surface area contributed by atoms with Gasteiger partial charge >= 0.3 is 0 Å². The summed E-state index contributed by atoms with van der Waals surface area (Å²) >= 11 is 0. The molecule has 0 spiro atoms. The molecule has 4 rings (SSSR count). The second-order valence-corrected chi connectivity index (χ2v) is 7.41. The minimum absolute atomic E-state index is 0.00437. The standard InChI is InChI=1S/C25H21FN2O5/c1-32-18-8-5-16(6-9-18)22-21(23(29)17-7-10-20(33-2)19(26)12-17)24(30)25(31)28(22)14-15-4-3-11-27-13-15/h3-13,22,29H,14H2,1-2H3/b23-21+. The van der Waals surface area contributed by atoms with E-state index in [-0.39, 0.29) is 23.4 Å². The summed E-state index contributed by atoms with van der Waals surface area (Å²) in [6.07, 6.45) is 3.21. The van der Waals surface area contributed by atoms with Crippen LogP contribution in [0.15, 0.2) is 72.6 Å². The number of amides is 1. The zero-order valence-corrected chi connectivity index (χ0v) is 18.0. The van der Waals surface area contributed by atoms with Crippen LogP contribution < -0.4 is 9.47 Å². The van der Waals surface area contributed by atoms with Gasteiger partial charge in [-0.25, -0.2) is 4.39 Å².